The van der Waals surface area contributed by atoms with Crippen LogP contribution in [0.5, 0.6) is 0 Å². The maximum Gasteiger partial charge on any atom is 0.310 e. The zero-order valence-corrected chi connectivity index (χ0v) is 10.7. The quantitative estimate of drug-likeness (QED) is 0.768. The van der Waals surface area contributed by atoms with Crippen molar-refractivity contribution in [1.29, 1.82) is 0 Å². The molecule has 0 spiro atoms. The fraction of sp³-hybridized carbons (Fsp3) is 0.357. The minimum atomic E-state index is -0.139. The van der Waals surface area contributed by atoms with Crippen LogP contribution in [0.3, 0.4) is 0 Å². The lowest BCUT2D eigenvalue weighted by Crippen LogP contribution is -2.27. The molecular weight excluding hydrogens is 242 g/mol. The Kier molecular flexibility index (Phi) is 3.03. The van der Waals surface area contributed by atoms with Crippen LogP contribution in [0.2, 0.25) is 0 Å². The molecule has 2 aromatic heterocycles. The van der Waals surface area contributed by atoms with Gasteiger partial charge in [-0.2, -0.15) is 0 Å². The summed E-state index contributed by atoms with van der Waals surface area (Å²) in [4.78, 5) is 20.2. The summed E-state index contributed by atoms with van der Waals surface area (Å²) in [7, 11) is 1.44. The molecule has 5 nitrogen and oxygen atoms in total. The Bertz CT molecular complexity index is 592. The first-order valence-corrected chi connectivity index (χ1v) is 6.32. The molecule has 0 saturated heterocycles. The smallest absolute Gasteiger partial charge is 0.310 e. The van der Waals surface area contributed by atoms with Crippen molar-refractivity contribution in [3.63, 3.8) is 0 Å². The van der Waals surface area contributed by atoms with Gasteiger partial charge in [-0.15, -0.1) is 0 Å². The van der Waals surface area contributed by atoms with Crippen molar-refractivity contribution in [1.82, 2.24) is 14.5 Å². The normalized spacial score (nSPS) is 17.8. The number of aryl methyl sites for hydroxylation is 1. The van der Waals surface area contributed by atoms with Crippen LogP contribution in [-0.2, 0) is 22.5 Å². The van der Waals surface area contributed by atoms with Crippen LogP contribution in [0, 0.1) is 5.92 Å². The van der Waals surface area contributed by atoms with Crippen LogP contribution in [0.4, 0.5) is 0 Å². The molecule has 1 unspecified atom stereocenters. The number of pyridine rings is 1. The molecule has 0 aromatic carbocycles. The van der Waals surface area contributed by atoms with Gasteiger partial charge in [0.25, 0.3) is 0 Å². The molecule has 0 aliphatic carbocycles. The Morgan fingerprint density at radius 1 is 1.42 bits per heavy atom. The lowest BCUT2D eigenvalue weighted by Gasteiger charge is -2.23. The van der Waals surface area contributed by atoms with Gasteiger partial charge in [0, 0.05) is 36.4 Å². The van der Waals surface area contributed by atoms with E-state index < -0.39 is 0 Å². The van der Waals surface area contributed by atoms with Crippen LogP contribution in [0.25, 0.3) is 11.4 Å². The standard InChI is InChI=1S/C14H15N3O2/c1-19-14(18)11-2-3-12-8-16-13(17(12)9-11)10-4-6-15-7-5-10/h4-8,11H,2-3,9H2,1H3. The van der Waals surface area contributed by atoms with Gasteiger partial charge in [0.1, 0.15) is 5.82 Å². The Morgan fingerprint density at radius 2 is 2.21 bits per heavy atom. The van der Waals surface area contributed by atoms with Gasteiger partial charge in [0.15, 0.2) is 0 Å². The minimum absolute atomic E-state index is 0.0766. The molecule has 1 aliphatic rings. The molecule has 19 heavy (non-hydrogen) atoms. The van der Waals surface area contributed by atoms with Gasteiger partial charge in [0.05, 0.1) is 13.0 Å². The van der Waals surface area contributed by atoms with Crippen LogP contribution in [0.15, 0.2) is 30.7 Å². The van der Waals surface area contributed by atoms with E-state index in [9.17, 15) is 4.79 Å². The third-order valence-electron chi connectivity index (χ3n) is 3.56. The van der Waals surface area contributed by atoms with E-state index in [1.165, 1.54) is 12.8 Å². The lowest BCUT2D eigenvalue weighted by atomic mass is 9.98. The maximum atomic E-state index is 11.7. The van der Waals surface area contributed by atoms with E-state index in [1.807, 2.05) is 18.3 Å². The first kappa shape index (κ1) is 11.9. The predicted molar refractivity (Wildman–Crippen MR) is 69.3 cm³/mol. The number of imidazole rings is 1. The number of hydrogen-bond donors (Lipinski definition) is 0. The highest BCUT2D eigenvalue weighted by atomic mass is 16.5. The molecule has 0 radical (unpaired) electrons. The van der Waals surface area contributed by atoms with Gasteiger partial charge in [-0.05, 0) is 25.0 Å². The Balaban J connectivity index is 1.95. The Hall–Kier alpha value is -2.17. The van der Waals surface area contributed by atoms with Gasteiger partial charge >= 0.3 is 5.97 Å². The number of methoxy groups -OCH3 is 1. The molecule has 0 bridgehead atoms. The summed E-state index contributed by atoms with van der Waals surface area (Å²) < 4.78 is 6.96. The fourth-order valence-corrected chi connectivity index (χ4v) is 2.54. The van der Waals surface area contributed by atoms with E-state index in [1.54, 1.807) is 12.4 Å². The third kappa shape index (κ3) is 2.12. The van der Waals surface area contributed by atoms with Crippen molar-refractivity contribution < 1.29 is 9.53 Å². The van der Waals surface area contributed by atoms with Crippen molar-refractivity contribution in [3.05, 3.63) is 36.4 Å². The van der Waals surface area contributed by atoms with Crippen molar-refractivity contribution in [2.75, 3.05) is 7.11 Å². The molecule has 98 valence electrons. The number of esters is 1. The first-order valence-electron chi connectivity index (χ1n) is 6.32. The summed E-state index contributed by atoms with van der Waals surface area (Å²) >= 11 is 0. The SMILES string of the molecule is COC(=O)C1CCc2cnc(-c3ccncc3)n2C1. The molecule has 0 saturated carbocycles. The highest BCUT2D eigenvalue weighted by molar-refractivity contribution is 5.72. The molecule has 5 heteroatoms. The largest absolute Gasteiger partial charge is 0.469 e. The second kappa shape index (κ2) is 4.84. The van der Waals surface area contributed by atoms with E-state index in [4.69, 9.17) is 4.74 Å². The molecule has 1 aliphatic heterocycles. The number of rotatable bonds is 2. The summed E-state index contributed by atoms with van der Waals surface area (Å²) in [5, 5.41) is 0. The van der Waals surface area contributed by atoms with Gasteiger partial charge in [-0.3, -0.25) is 9.78 Å². The molecule has 0 fully saturated rings. The number of aromatic nitrogens is 3. The lowest BCUT2D eigenvalue weighted by molar-refractivity contribution is -0.146. The van der Waals surface area contributed by atoms with Crippen LogP contribution >= 0.6 is 0 Å². The number of carbonyl (C=O) groups is 1. The fourth-order valence-electron chi connectivity index (χ4n) is 2.54. The van der Waals surface area contributed by atoms with Gasteiger partial charge in [0.2, 0.25) is 0 Å². The minimum Gasteiger partial charge on any atom is -0.469 e. The number of ether oxygens (including phenoxy) is 1. The van der Waals surface area contributed by atoms with Crippen molar-refractivity contribution >= 4 is 5.97 Å². The second-order valence-electron chi connectivity index (χ2n) is 4.68. The van der Waals surface area contributed by atoms with Crippen molar-refractivity contribution in [2.24, 2.45) is 5.92 Å². The van der Waals surface area contributed by atoms with Crippen LogP contribution in [0.1, 0.15) is 12.1 Å². The van der Waals surface area contributed by atoms with E-state index in [0.29, 0.717) is 6.54 Å². The summed E-state index contributed by atoms with van der Waals surface area (Å²) in [6.45, 7) is 0.639. The average molecular weight is 257 g/mol. The number of carbonyl (C=O) groups excluding carboxylic acids is 1. The maximum absolute atomic E-state index is 11.7. The molecule has 0 amide bonds. The zero-order valence-electron chi connectivity index (χ0n) is 10.7. The topological polar surface area (TPSA) is 57.0 Å². The summed E-state index contributed by atoms with van der Waals surface area (Å²) in [5.41, 5.74) is 2.19. The summed E-state index contributed by atoms with van der Waals surface area (Å²) in [6.07, 6.45) is 7.07. The Labute approximate surface area is 111 Å². The monoisotopic (exact) mass is 257 g/mol. The molecule has 3 rings (SSSR count). The molecule has 2 aromatic rings. The number of nitrogens with zero attached hydrogens (tertiary/aromatic N) is 3. The predicted octanol–water partition coefficient (Wildman–Crippen LogP) is 1.68. The Morgan fingerprint density at radius 3 is 2.95 bits per heavy atom. The van der Waals surface area contributed by atoms with Crippen molar-refractivity contribution in [3.8, 4) is 11.4 Å². The molecule has 1 atom stereocenters. The number of hydrogen-bond acceptors (Lipinski definition) is 4. The van der Waals surface area contributed by atoms with E-state index in [-0.39, 0.29) is 11.9 Å². The van der Waals surface area contributed by atoms with E-state index >= 15 is 0 Å². The van der Waals surface area contributed by atoms with Gasteiger partial charge in [-0.1, -0.05) is 0 Å². The molecule has 3 heterocycles. The molecule has 0 N–H and O–H groups in total. The highest BCUT2D eigenvalue weighted by Gasteiger charge is 2.27. The summed E-state index contributed by atoms with van der Waals surface area (Å²) in [5.74, 6) is 0.679. The first-order chi connectivity index (χ1) is 9.29. The van der Waals surface area contributed by atoms with Crippen LogP contribution < -0.4 is 0 Å². The average Bonchev–Trinajstić information content (AvgIpc) is 2.90. The molecular formula is C14H15N3O2. The zero-order chi connectivity index (χ0) is 13.2. The van der Waals surface area contributed by atoms with Crippen LogP contribution in [-0.4, -0.2) is 27.6 Å². The van der Waals surface area contributed by atoms with E-state index in [2.05, 4.69) is 14.5 Å². The number of fused-ring (bicyclic) bond motifs is 1. The van der Waals surface area contributed by atoms with Gasteiger partial charge in [-0.25, -0.2) is 4.98 Å². The second-order valence-corrected chi connectivity index (χ2v) is 4.68. The van der Waals surface area contributed by atoms with E-state index in [0.717, 1.165) is 24.2 Å². The highest BCUT2D eigenvalue weighted by Crippen LogP contribution is 2.27. The third-order valence-corrected chi connectivity index (χ3v) is 3.56. The van der Waals surface area contributed by atoms with Crippen molar-refractivity contribution in [2.45, 2.75) is 19.4 Å². The summed E-state index contributed by atoms with van der Waals surface area (Å²) in [6, 6.07) is 3.86. The van der Waals surface area contributed by atoms with Gasteiger partial charge < -0.3 is 9.30 Å².